The minimum Gasteiger partial charge on any atom is -0.462 e. The molecule has 1 saturated heterocycles. The Morgan fingerprint density at radius 3 is 2.67 bits per heavy atom. The molecule has 3 heterocycles. The molecule has 0 unspecified atom stereocenters. The van der Waals surface area contributed by atoms with Crippen LogP contribution < -0.4 is 5.32 Å². The molecule has 0 aromatic carbocycles. The Morgan fingerprint density at radius 2 is 2.04 bits per heavy atom. The van der Waals surface area contributed by atoms with Crippen LogP contribution in [0.5, 0.6) is 0 Å². The summed E-state index contributed by atoms with van der Waals surface area (Å²) < 4.78 is 5.25. The molecule has 1 fully saturated rings. The zero-order valence-electron chi connectivity index (χ0n) is 16.0. The van der Waals surface area contributed by atoms with Gasteiger partial charge in [0, 0.05) is 20.7 Å². The molecule has 0 saturated carbocycles. The van der Waals surface area contributed by atoms with Crippen molar-refractivity contribution in [2.24, 2.45) is 5.92 Å². The lowest BCUT2D eigenvalue weighted by Crippen LogP contribution is -2.38. The summed E-state index contributed by atoms with van der Waals surface area (Å²) in [6.07, 6.45) is 2.25. The number of nitrogens with zero attached hydrogens (tertiary/aromatic N) is 1. The first-order valence-corrected chi connectivity index (χ1v) is 11.0. The number of rotatable bonds is 6. The number of hydrogen-bond donors (Lipinski definition) is 1. The molecule has 1 aliphatic heterocycles. The number of hydrogen-bond acceptors (Lipinski definition) is 6. The highest BCUT2D eigenvalue weighted by molar-refractivity contribution is 7.17. The van der Waals surface area contributed by atoms with E-state index in [4.69, 9.17) is 4.74 Å². The zero-order valence-corrected chi connectivity index (χ0v) is 17.7. The monoisotopic (exact) mass is 406 g/mol. The van der Waals surface area contributed by atoms with Crippen LogP contribution in [0.4, 0.5) is 5.00 Å². The van der Waals surface area contributed by atoms with Gasteiger partial charge in [0.2, 0.25) is 5.91 Å². The Kier molecular flexibility index (Phi) is 6.68. The number of carbonyl (C=O) groups excluding carboxylic acids is 2. The Balaban J connectivity index is 1.77. The van der Waals surface area contributed by atoms with Gasteiger partial charge in [-0.15, -0.1) is 22.7 Å². The topological polar surface area (TPSA) is 58.6 Å². The van der Waals surface area contributed by atoms with E-state index in [1.54, 1.807) is 18.3 Å². The number of anilines is 1. The predicted octanol–water partition coefficient (Wildman–Crippen LogP) is 4.63. The molecule has 1 N–H and O–H groups in total. The van der Waals surface area contributed by atoms with Crippen molar-refractivity contribution < 1.29 is 14.3 Å². The van der Waals surface area contributed by atoms with Gasteiger partial charge in [0.25, 0.3) is 0 Å². The van der Waals surface area contributed by atoms with E-state index in [1.807, 2.05) is 24.4 Å². The molecule has 146 valence electrons. The maximum Gasteiger partial charge on any atom is 0.341 e. The summed E-state index contributed by atoms with van der Waals surface area (Å²) in [7, 11) is 0. The third-order valence-electron chi connectivity index (χ3n) is 4.77. The van der Waals surface area contributed by atoms with Crippen molar-refractivity contribution >= 4 is 39.6 Å². The van der Waals surface area contributed by atoms with Crippen molar-refractivity contribution in [1.29, 1.82) is 0 Å². The highest BCUT2D eigenvalue weighted by atomic mass is 32.1. The van der Waals surface area contributed by atoms with Crippen LogP contribution in [0.2, 0.25) is 0 Å². The molecule has 2 aromatic rings. The van der Waals surface area contributed by atoms with Crippen molar-refractivity contribution in [3.8, 4) is 10.4 Å². The lowest BCUT2D eigenvalue weighted by atomic mass is 9.99. The van der Waals surface area contributed by atoms with Gasteiger partial charge < -0.3 is 10.1 Å². The van der Waals surface area contributed by atoms with Crippen molar-refractivity contribution in [2.45, 2.75) is 33.6 Å². The van der Waals surface area contributed by atoms with E-state index in [9.17, 15) is 9.59 Å². The van der Waals surface area contributed by atoms with Crippen LogP contribution in [0.1, 0.15) is 41.9 Å². The first-order valence-electron chi connectivity index (χ1n) is 9.35. The van der Waals surface area contributed by atoms with Crippen molar-refractivity contribution in [3.05, 3.63) is 28.0 Å². The maximum atomic E-state index is 12.6. The molecule has 3 rings (SSSR count). The van der Waals surface area contributed by atoms with Crippen LogP contribution >= 0.6 is 22.7 Å². The highest BCUT2D eigenvalue weighted by Gasteiger charge is 2.24. The van der Waals surface area contributed by atoms with Crippen LogP contribution in [-0.2, 0) is 9.53 Å². The molecular formula is C20H26N2O3S2. The van der Waals surface area contributed by atoms with Gasteiger partial charge in [0.1, 0.15) is 10.6 Å². The van der Waals surface area contributed by atoms with Crippen molar-refractivity contribution in [1.82, 2.24) is 4.90 Å². The van der Waals surface area contributed by atoms with Gasteiger partial charge in [0.05, 0.1) is 13.2 Å². The summed E-state index contributed by atoms with van der Waals surface area (Å²) in [6, 6.07) is 4.04. The molecule has 0 aliphatic carbocycles. The minimum absolute atomic E-state index is 0.0779. The van der Waals surface area contributed by atoms with Crippen LogP contribution in [0, 0.1) is 12.8 Å². The van der Waals surface area contributed by atoms with Gasteiger partial charge in [-0.05, 0) is 57.8 Å². The average Bonchev–Trinajstić information content (AvgIpc) is 3.23. The van der Waals surface area contributed by atoms with Gasteiger partial charge in [-0.2, -0.15) is 0 Å². The van der Waals surface area contributed by atoms with E-state index in [-0.39, 0.29) is 11.9 Å². The van der Waals surface area contributed by atoms with E-state index in [0.29, 0.717) is 23.7 Å². The highest BCUT2D eigenvalue weighted by Crippen LogP contribution is 2.39. The quantitative estimate of drug-likeness (QED) is 0.711. The first kappa shape index (κ1) is 20.0. The number of aryl methyl sites for hydroxylation is 1. The van der Waals surface area contributed by atoms with E-state index < -0.39 is 0 Å². The van der Waals surface area contributed by atoms with E-state index >= 15 is 0 Å². The number of carbonyl (C=O) groups is 2. The molecular weight excluding hydrogens is 380 g/mol. The molecule has 1 amide bonds. The van der Waals surface area contributed by atoms with E-state index in [2.05, 4.69) is 17.1 Å². The van der Waals surface area contributed by atoms with Crippen molar-refractivity contribution in [2.75, 3.05) is 31.6 Å². The molecule has 0 spiro atoms. The number of amides is 1. The maximum absolute atomic E-state index is 12.6. The number of piperidine rings is 1. The molecule has 1 aliphatic rings. The van der Waals surface area contributed by atoms with Crippen molar-refractivity contribution in [3.63, 3.8) is 0 Å². The summed E-state index contributed by atoms with van der Waals surface area (Å²) >= 11 is 3.01. The standard InChI is InChI=1S/C20H26N2O3S2/c1-4-25-20(24)18-15(16-6-5-14(3)27-16)12-26-19(18)21-17(23)11-22-9-7-13(2)8-10-22/h5-6,12-13H,4,7-11H2,1-3H3,(H,21,23). The van der Waals surface area contributed by atoms with Crippen LogP contribution in [0.25, 0.3) is 10.4 Å². The lowest BCUT2D eigenvalue weighted by molar-refractivity contribution is -0.117. The van der Waals surface area contributed by atoms with Gasteiger partial charge in [-0.3, -0.25) is 9.69 Å². The Bertz CT molecular complexity index is 804. The summed E-state index contributed by atoms with van der Waals surface area (Å²) in [5.41, 5.74) is 1.29. The lowest BCUT2D eigenvalue weighted by Gasteiger charge is -2.29. The Labute approximate surface area is 168 Å². The SMILES string of the molecule is CCOC(=O)c1c(-c2ccc(C)s2)csc1NC(=O)CN1CCC(C)CC1. The summed E-state index contributed by atoms with van der Waals surface area (Å²) in [5, 5.41) is 5.45. The first-order chi connectivity index (χ1) is 13.0. The molecule has 0 atom stereocenters. The number of likely N-dealkylation sites (tertiary alicyclic amines) is 1. The number of ether oxygens (including phenoxy) is 1. The van der Waals surface area contributed by atoms with Gasteiger partial charge in [-0.1, -0.05) is 6.92 Å². The number of thiophene rings is 2. The third-order valence-corrected chi connectivity index (χ3v) is 6.70. The fraction of sp³-hybridized carbons (Fsp3) is 0.500. The summed E-state index contributed by atoms with van der Waals surface area (Å²) in [5.74, 6) is 0.265. The second-order valence-corrected chi connectivity index (χ2v) is 9.16. The molecule has 7 heteroatoms. The number of esters is 1. The molecule has 2 aromatic heterocycles. The third kappa shape index (κ3) is 4.97. The molecule has 0 bridgehead atoms. The van der Waals surface area contributed by atoms with E-state index in [0.717, 1.165) is 42.3 Å². The summed E-state index contributed by atoms with van der Waals surface area (Å²) in [6.45, 7) is 8.63. The predicted molar refractivity (Wildman–Crippen MR) is 112 cm³/mol. The second kappa shape index (κ2) is 8.99. The van der Waals surface area contributed by atoms with Crippen LogP contribution in [0.15, 0.2) is 17.5 Å². The van der Waals surface area contributed by atoms with Crippen LogP contribution in [0.3, 0.4) is 0 Å². The van der Waals surface area contributed by atoms with Gasteiger partial charge in [0.15, 0.2) is 0 Å². The molecule has 0 radical (unpaired) electrons. The normalized spacial score (nSPS) is 15.7. The Morgan fingerprint density at radius 1 is 1.30 bits per heavy atom. The minimum atomic E-state index is -0.387. The van der Waals surface area contributed by atoms with E-state index in [1.165, 1.54) is 16.2 Å². The van der Waals surface area contributed by atoms with Gasteiger partial charge >= 0.3 is 5.97 Å². The average molecular weight is 407 g/mol. The van der Waals surface area contributed by atoms with Crippen LogP contribution in [-0.4, -0.2) is 43.0 Å². The molecule has 27 heavy (non-hydrogen) atoms. The number of nitrogens with one attached hydrogen (secondary N) is 1. The fourth-order valence-corrected chi connectivity index (χ4v) is 5.13. The summed E-state index contributed by atoms with van der Waals surface area (Å²) in [4.78, 5) is 29.5. The van der Waals surface area contributed by atoms with Gasteiger partial charge in [-0.25, -0.2) is 4.79 Å². The molecule has 5 nitrogen and oxygen atoms in total. The smallest absolute Gasteiger partial charge is 0.341 e. The Hall–Kier alpha value is -1.70. The second-order valence-electron chi connectivity index (χ2n) is 6.99. The zero-order chi connectivity index (χ0) is 19.4. The largest absolute Gasteiger partial charge is 0.462 e. The fourth-order valence-electron chi connectivity index (χ4n) is 3.21.